The van der Waals surface area contributed by atoms with E-state index in [0.717, 1.165) is 54.7 Å². The first-order chi connectivity index (χ1) is 19.2. The summed E-state index contributed by atoms with van der Waals surface area (Å²) in [6, 6.07) is 13.1. The summed E-state index contributed by atoms with van der Waals surface area (Å²) in [7, 11) is 0. The van der Waals surface area contributed by atoms with Crippen LogP contribution in [-0.2, 0) is 13.0 Å². The second-order valence-electron chi connectivity index (χ2n) is 9.50. The highest BCUT2D eigenvalue weighted by atomic mass is 35.5. The molecule has 0 fully saturated rings. The van der Waals surface area contributed by atoms with Crippen molar-refractivity contribution >= 4 is 29.5 Å². The molecule has 2 aromatic carbocycles. The van der Waals surface area contributed by atoms with Gasteiger partial charge in [-0.3, -0.25) is 20.4 Å². The van der Waals surface area contributed by atoms with Crippen LogP contribution in [-0.4, -0.2) is 59.6 Å². The predicted octanol–water partition coefficient (Wildman–Crippen LogP) is 2.79. The Balaban J connectivity index is 1.53. The highest BCUT2D eigenvalue weighted by molar-refractivity contribution is 6.31. The number of nitrogens with two attached hydrogens (primary N) is 2. The number of nitrogens with zero attached hydrogens (tertiary/aromatic N) is 2. The van der Waals surface area contributed by atoms with Crippen molar-refractivity contribution in [3.05, 3.63) is 80.7 Å². The Kier molecular flexibility index (Phi) is 11.9. The average Bonchev–Trinajstić information content (AvgIpc) is 2.91. The average molecular weight is 568 g/mol. The van der Waals surface area contributed by atoms with Gasteiger partial charge >= 0.3 is 6.03 Å². The topological polar surface area (TPSA) is 178 Å². The van der Waals surface area contributed by atoms with Crippen LogP contribution in [0.25, 0.3) is 11.1 Å². The molecule has 0 atom stereocenters. The third kappa shape index (κ3) is 9.99. The highest BCUT2D eigenvalue weighted by Crippen LogP contribution is 2.18. The van der Waals surface area contributed by atoms with Crippen LogP contribution in [0.2, 0.25) is 5.02 Å². The number of carbonyl (C=O) groups excluding carboxylic acids is 1. The number of guanidine groups is 1. The van der Waals surface area contributed by atoms with E-state index in [-0.39, 0.29) is 11.9 Å². The van der Waals surface area contributed by atoms with E-state index in [1.54, 1.807) is 6.20 Å². The van der Waals surface area contributed by atoms with E-state index in [2.05, 4.69) is 30.8 Å². The van der Waals surface area contributed by atoms with Crippen LogP contribution >= 0.6 is 11.6 Å². The summed E-state index contributed by atoms with van der Waals surface area (Å²) >= 11 is 6.24. The van der Waals surface area contributed by atoms with Gasteiger partial charge in [0.25, 0.3) is 5.56 Å². The third-order valence-electron chi connectivity index (χ3n) is 6.23. The third-order valence-corrected chi connectivity index (χ3v) is 6.59. The lowest BCUT2D eigenvalue weighted by Gasteiger charge is -2.22. The van der Waals surface area contributed by atoms with Crippen molar-refractivity contribution in [1.82, 2.24) is 25.5 Å². The first-order valence-electron chi connectivity index (χ1n) is 13.2. The van der Waals surface area contributed by atoms with Gasteiger partial charge in [0.1, 0.15) is 0 Å². The first kappa shape index (κ1) is 30.6. The van der Waals surface area contributed by atoms with Crippen LogP contribution in [0.1, 0.15) is 29.5 Å². The quantitative estimate of drug-likeness (QED) is 0.0888. The molecule has 1 heterocycles. The highest BCUT2D eigenvalue weighted by Gasteiger charge is 2.11. The number of aromatic amines is 1. The Bertz CT molecular complexity index is 1330. The zero-order chi connectivity index (χ0) is 28.9. The molecule has 3 rings (SSSR count). The smallest absolute Gasteiger partial charge is 0.321 e. The fourth-order valence-electron chi connectivity index (χ4n) is 4.14. The van der Waals surface area contributed by atoms with Crippen LogP contribution in [0, 0.1) is 12.3 Å². The van der Waals surface area contributed by atoms with E-state index < -0.39 is 11.6 Å². The lowest BCUT2D eigenvalue weighted by Crippen LogP contribution is -2.34. The van der Waals surface area contributed by atoms with Gasteiger partial charge in [0, 0.05) is 37.4 Å². The number of aromatic nitrogens is 2. The normalized spacial score (nSPS) is 10.9. The van der Waals surface area contributed by atoms with Crippen molar-refractivity contribution in [2.75, 3.05) is 38.0 Å². The minimum absolute atomic E-state index is 0.0275. The summed E-state index contributed by atoms with van der Waals surface area (Å²) in [5.41, 5.74) is 14.8. The molecule has 0 aliphatic rings. The van der Waals surface area contributed by atoms with E-state index >= 15 is 0 Å². The monoisotopic (exact) mass is 567 g/mol. The number of hydrogen-bond acceptors (Lipinski definition) is 6. The first-order valence-corrected chi connectivity index (χ1v) is 13.6. The molecule has 11 nitrogen and oxygen atoms in total. The molecule has 40 heavy (non-hydrogen) atoms. The van der Waals surface area contributed by atoms with Crippen molar-refractivity contribution < 1.29 is 4.79 Å². The van der Waals surface area contributed by atoms with Gasteiger partial charge in [0.05, 0.1) is 5.56 Å². The second kappa shape index (κ2) is 15.6. The molecular formula is C28H38ClN9O2. The Morgan fingerprint density at radius 3 is 2.52 bits per heavy atom. The molecule has 2 amide bonds. The van der Waals surface area contributed by atoms with E-state index in [1.165, 1.54) is 0 Å². The van der Waals surface area contributed by atoms with Crippen molar-refractivity contribution in [1.29, 1.82) is 5.41 Å². The Hall–Kier alpha value is -3.93. The van der Waals surface area contributed by atoms with Crippen molar-refractivity contribution in [2.24, 2.45) is 11.5 Å². The number of benzene rings is 2. The molecule has 0 aliphatic carbocycles. The van der Waals surface area contributed by atoms with Gasteiger partial charge in [-0.15, -0.1) is 0 Å². The van der Waals surface area contributed by atoms with Crippen LogP contribution in [0.15, 0.2) is 53.5 Å². The van der Waals surface area contributed by atoms with E-state index in [1.807, 2.05) is 49.4 Å². The molecule has 9 N–H and O–H groups in total. The van der Waals surface area contributed by atoms with E-state index in [9.17, 15) is 9.59 Å². The molecule has 0 bridgehead atoms. The fourth-order valence-corrected chi connectivity index (χ4v) is 4.47. The van der Waals surface area contributed by atoms with Gasteiger partial charge in [-0.25, -0.2) is 4.79 Å². The molecule has 0 saturated carbocycles. The lowest BCUT2D eigenvalue weighted by atomic mass is 10.1. The number of H-pyrrole nitrogens is 1. The van der Waals surface area contributed by atoms with Gasteiger partial charge in [-0.2, -0.15) is 4.98 Å². The molecule has 0 aliphatic heterocycles. The van der Waals surface area contributed by atoms with Gasteiger partial charge in [-0.1, -0.05) is 48.0 Å². The molecule has 0 saturated heterocycles. The van der Waals surface area contributed by atoms with Crippen LogP contribution in [0.4, 0.5) is 10.7 Å². The van der Waals surface area contributed by atoms with E-state index in [0.29, 0.717) is 36.6 Å². The number of carbonyl (C=O) groups is 1. The maximum atomic E-state index is 12.7. The summed E-state index contributed by atoms with van der Waals surface area (Å²) in [4.78, 5) is 34.1. The standard InChI is InChI=1S/C28H38ClN9O2/c1-19-4-7-22(24(29)16-19)10-13-34-28(40)37-27-35-17-23(25(39)36-27)21-8-5-20(6-9-21)18-38(14-2-11-30)15-3-12-33-26(31)32/h4-9,16-17H,2-3,10-15,18,30H2,1H3,(H4,31,32,33)(H3,34,35,36,37,39,40). The number of amides is 2. The van der Waals surface area contributed by atoms with Crippen molar-refractivity contribution in [2.45, 2.75) is 32.7 Å². The number of nitrogens with one attached hydrogen (secondary N) is 5. The number of urea groups is 1. The molecule has 3 aromatic rings. The van der Waals surface area contributed by atoms with Crippen LogP contribution in [0.5, 0.6) is 0 Å². The van der Waals surface area contributed by atoms with Gasteiger partial charge in [-0.05, 0) is 67.6 Å². The molecular weight excluding hydrogens is 530 g/mol. The van der Waals surface area contributed by atoms with Gasteiger partial charge in [0.15, 0.2) is 5.96 Å². The number of hydrogen-bond donors (Lipinski definition) is 7. The Labute approximate surface area is 239 Å². The van der Waals surface area contributed by atoms with Crippen molar-refractivity contribution in [3.8, 4) is 11.1 Å². The molecule has 12 heteroatoms. The largest absolute Gasteiger partial charge is 0.370 e. The summed E-state index contributed by atoms with van der Waals surface area (Å²) in [6.45, 7) is 6.04. The second-order valence-corrected chi connectivity index (χ2v) is 9.91. The summed E-state index contributed by atoms with van der Waals surface area (Å²) in [5, 5.41) is 16.1. The summed E-state index contributed by atoms with van der Waals surface area (Å²) < 4.78 is 0. The summed E-state index contributed by atoms with van der Waals surface area (Å²) in [6.07, 6.45) is 3.86. The number of aryl methyl sites for hydroxylation is 1. The Morgan fingerprint density at radius 1 is 1.10 bits per heavy atom. The van der Waals surface area contributed by atoms with Gasteiger partial charge in [0.2, 0.25) is 5.95 Å². The maximum absolute atomic E-state index is 12.7. The molecule has 0 radical (unpaired) electrons. The SMILES string of the molecule is Cc1ccc(CCNC(=O)Nc2nc(=O)c(-c3ccc(CN(CCCN)CCCNC(=N)N)cc3)c[nH]2)c(Cl)c1. The van der Waals surface area contributed by atoms with Gasteiger partial charge < -0.3 is 27.1 Å². The minimum atomic E-state index is -0.472. The molecule has 214 valence electrons. The lowest BCUT2D eigenvalue weighted by molar-refractivity contribution is 0.252. The van der Waals surface area contributed by atoms with E-state index in [4.69, 9.17) is 28.5 Å². The predicted molar refractivity (Wildman–Crippen MR) is 161 cm³/mol. The molecule has 0 spiro atoms. The fraction of sp³-hybridized carbons (Fsp3) is 0.357. The maximum Gasteiger partial charge on any atom is 0.321 e. The molecule has 0 unspecified atom stereocenters. The molecule has 1 aromatic heterocycles. The zero-order valence-corrected chi connectivity index (χ0v) is 23.5. The minimum Gasteiger partial charge on any atom is -0.370 e. The van der Waals surface area contributed by atoms with Crippen molar-refractivity contribution in [3.63, 3.8) is 0 Å². The van der Waals surface area contributed by atoms with Crippen LogP contribution < -0.4 is 33.0 Å². The number of anilines is 1. The summed E-state index contributed by atoms with van der Waals surface area (Å²) in [5.74, 6) is 0.0336. The number of rotatable bonds is 14. The zero-order valence-electron chi connectivity index (χ0n) is 22.7. The Morgan fingerprint density at radius 2 is 1.85 bits per heavy atom. The van der Waals surface area contributed by atoms with Crippen LogP contribution in [0.3, 0.4) is 0 Å². The number of halogens is 1.